The van der Waals surface area contributed by atoms with Gasteiger partial charge < -0.3 is 50.3 Å². The van der Waals surface area contributed by atoms with Crippen LogP contribution in [-0.4, -0.2) is 115 Å². The molecule has 0 spiro atoms. The van der Waals surface area contributed by atoms with Gasteiger partial charge in [0, 0.05) is 0 Å². The number of hydrogen-bond donors (Lipinski definition) is 8. The van der Waals surface area contributed by atoms with Gasteiger partial charge in [-0.3, -0.25) is 0 Å². The van der Waals surface area contributed by atoms with Gasteiger partial charge in [-0.05, 0) is 48.9 Å². The number of aliphatic hydroxyl groups excluding tert-OH is 8. The fourth-order valence-corrected chi connectivity index (χ4v) is 4.62. The monoisotopic (exact) mass is 510 g/mol. The lowest BCUT2D eigenvalue weighted by molar-refractivity contribution is -0.227. The molecule has 36 heavy (non-hydrogen) atoms. The molecule has 0 amide bonds. The summed E-state index contributed by atoms with van der Waals surface area (Å²) in [6.45, 7) is 2.97. The molecule has 0 saturated carbocycles. The molecule has 1 aromatic carbocycles. The molecule has 202 valence electrons. The number of hydrogen-bond acceptors (Lipinski definition) is 10. The Bertz CT molecular complexity index is 840. The number of aliphatic hydroxyl groups is 8. The summed E-state index contributed by atoms with van der Waals surface area (Å²) in [7, 11) is 0. The first-order valence-electron chi connectivity index (χ1n) is 12.1. The van der Waals surface area contributed by atoms with Gasteiger partial charge in [0.2, 0.25) is 0 Å². The highest BCUT2D eigenvalue weighted by Gasteiger charge is 2.43. The van der Waals surface area contributed by atoms with Crippen molar-refractivity contribution in [3.8, 4) is 0 Å². The Morgan fingerprint density at radius 3 is 1.25 bits per heavy atom. The first-order valence-corrected chi connectivity index (χ1v) is 12.1. The van der Waals surface area contributed by atoms with Gasteiger partial charge in [-0.25, -0.2) is 0 Å². The molecule has 0 aliphatic carbocycles. The molecule has 2 saturated heterocycles. The molecule has 0 radical (unpaired) electrons. The largest absolute Gasteiger partial charge is 0.394 e. The maximum absolute atomic E-state index is 10.2. The molecule has 0 aromatic heterocycles. The summed E-state index contributed by atoms with van der Waals surface area (Å²) < 4.78 is 11.1. The summed E-state index contributed by atoms with van der Waals surface area (Å²) in [4.78, 5) is 0. The van der Waals surface area contributed by atoms with Crippen molar-refractivity contribution in [2.24, 2.45) is 0 Å². The minimum atomic E-state index is -1.40. The van der Waals surface area contributed by atoms with Crippen LogP contribution in [0.15, 0.2) is 24.3 Å². The van der Waals surface area contributed by atoms with Gasteiger partial charge in [-0.2, -0.15) is 0 Å². The highest BCUT2D eigenvalue weighted by atomic mass is 16.5. The van der Waals surface area contributed by atoms with Crippen LogP contribution < -0.4 is 0 Å². The Labute approximate surface area is 210 Å². The minimum Gasteiger partial charge on any atom is -0.394 e. The zero-order valence-electron chi connectivity index (χ0n) is 20.5. The number of aryl methyl sites for hydroxylation is 2. The maximum Gasteiger partial charge on any atom is 0.111 e. The zero-order valence-corrected chi connectivity index (χ0v) is 20.5. The maximum atomic E-state index is 10.2. The molecule has 1 aromatic rings. The van der Waals surface area contributed by atoms with Crippen molar-refractivity contribution >= 4 is 12.2 Å². The summed E-state index contributed by atoms with van der Waals surface area (Å²) in [6, 6.07) is 3.99. The Kier molecular flexibility index (Phi) is 10.2. The molecule has 0 bridgehead atoms. The lowest BCUT2D eigenvalue weighted by Crippen LogP contribution is -2.58. The predicted molar refractivity (Wildman–Crippen MR) is 131 cm³/mol. The van der Waals surface area contributed by atoms with Crippen molar-refractivity contribution in [2.45, 2.75) is 87.7 Å². The third-order valence-corrected chi connectivity index (χ3v) is 6.97. The van der Waals surface area contributed by atoms with Crippen LogP contribution in [0, 0.1) is 13.8 Å². The van der Waals surface area contributed by atoms with E-state index < -0.39 is 74.3 Å². The van der Waals surface area contributed by atoms with Gasteiger partial charge in [0.15, 0.2) is 0 Å². The first-order chi connectivity index (χ1) is 17.1. The van der Waals surface area contributed by atoms with Crippen LogP contribution in [0.2, 0.25) is 0 Å². The molecule has 2 aliphatic heterocycles. The third-order valence-electron chi connectivity index (χ3n) is 6.97. The summed E-state index contributed by atoms with van der Waals surface area (Å²) in [5.41, 5.74) is 3.86. The van der Waals surface area contributed by atoms with Gasteiger partial charge in [-0.1, -0.05) is 36.4 Å². The van der Waals surface area contributed by atoms with E-state index >= 15 is 0 Å². The second-order valence-corrected chi connectivity index (χ2v) is 9.58. The van der Waals surface area contributed by atoms with Crippen molar-refractivity contribution < 1.29 is 50.3 Å². The van der Waals surface area contributed by atoms with Gasteiger partial charge in [0.05, 0.1) is 25.4 Å². The van der Waals surface area contributed by atoms with Crippen LogP contribution in [0.25, 0.3) is 12.2 Å². The van der Waals surface area contributed by atoms with Gasteiger partial charge in [0.1, 0.15) is 48.8 Å². The van der Waals surface area contributed by atoms with Gasteiger partial charge >= 0.3 is 0 Å². The van der Waals surface area contributed by atoms with Crippen LogP contribution in [0.5, 0.6) is 0 Å². The van der Waals surface area contributed by atoms with Gasteiger partial charge in [-0.15, -0.1) is 0 Å². The van der Waals surface area contributed by atoms with E-state index in [1.807, 2.05) is 50.3 Å². The smallest absolute Gasteiger partial charge is 0.111 e. The lowest BCUT2D eigenvalue weighted by atomic mass is 9.92. The Morgan fingerprint density at radius 1 is 0.583 bits per heavy atom. The number of rotatable bonds is 8. The first kappa shape index (κ1) is 28.9. The predicted octanol–water partition coefficient (Wildman–Crippen LogP) is -1.21. The van der Waals surface area contributed by atoms with E-state index in [0.29, 0.717) is 0 Å². The second-order valence-electron chi connectivity index (χ2n) is 9.58. The van der Waals surface area contributed by atoms with Crippen LogP contribution in [-0.2, 0) is 9.47 Å². The molecule has 10 atom stereocenters. The number of benzene rings is 1. The molecule has 8 N–H and O–H groups in total. The Hall–Kier alpha value is -1.70. The van der Waals surface area contributed by atoms with E-state index in [1.54, 1.807) is 0 Å². The van der Waals surface area contributed by atoms with Crippen molar-refractivity contribution in [3.05, 3.63) is 46.5 Å². The summed E-state index contributed by atoms with van der Waals surface area (Å²) in [5, 5.41) is 78.7. The lowest BCUT2D eigenvalue weighted by Gasteiger charge is -2.39. The van der Waals surface area contributed by atoms with Crippen LogP contribution >= 0.6 is 0 Å². The van der Waals surface area contributed by atoms with Crippen molar-refractivity contribution in [3.63, 3.8) is 0 Å². The van der Waals surface area contributed by atoms with E-state index in [2.05, 4.69) is 0 Å². The zero-order chi connectivity index (χ0) is 26.6. The molecule has 2 fully saturated rings. The quantitative estimate of drug-likeness (QED) is 0.212. The molecular formula is C26H38O10. The normalized spacial score (nSPS) is 37.7. The third kappa shape index (κ3) is 6.40. The minimum absolute atomic E-state index is 0.278. The molecule has 10 heteroatoms. The Balaban J connectivity index is 1.62. The Morgan fingerprint density at radius 2 is 0.917 bits per heavy atom. The molecule has 2 heterocycles. The molecule has 10 nitrogen and oxygen atoms in total. The van der Waals surface area contributed by atoms with E-state index in [4.69, 9.17) is 9.47 Å². The SMILES string of the molecule is Cc1cc(/C=C/C[C@H]2O[C@H](CO)[C@@H](O)[C@H](O)[C@@H]2O)c(C)cc1/C=C/C[C@H]1O[C@H](CO)[C@@H](O)[C@H](O)[C@@H]1O. The van der Waals surface area contributed by atoms with Crippen molar-refractivity contribution in [1.29, 1.82) is 0 Å². The molecule has 2 aliphatic rings. The van der Waals surface area contributed by atoms with Crippen molar-refractivity contribution in [1.82, 2.24) is 0 Å². The average Bonchev–Trinajstić information content (AvgIpc) is 2.86. The highest BCUT2D eigenvalue weighted by molar-refractivity contribution is 5.62. The number of ether oxygens (including phenoxy) is 2. The average molecular weight is 511 g/mol. The molecular weight excluding hydrogens is 472 g/mol. The highest BCUT2D eigenvalue weighted by Crippen LogP contribution is 2.26. The van der Waals surface area contributed by atoms with Crippen molar-refractivity contribution in [2.75, 3.05) is 13.2 Å². The summed E-state index contributed by atoms with van der Waals surface area (Å²) in [5.74, 6) is 0. The molecule has 3 rings (SSSR count). The fourth-order valence-electron chi connectivity index (χ4n) is 4.62. The second kappa shape index (κ2) is 12.7. The van der Waals surface area contributed by atoms with Crippen LogP contribution in [0.4, 0.5) is 0 Å². The summed E-state index contributed by atoms with van der Waals surface area (Å²) in [6.07, 6.45) is -3.54. The van der Waals surface area contributed by atoms with E-state index in [1.165, 1.54) is 0 Å². The fraction of sp³-hybridized carbons (Fsp3) is 0.615. The van der Waals surface area contributed by atoms with E-state index in [-0.39, 0.29) is 12.8 Å². The van der Waals surface area contributed by atoms with Crippen LogP contribution in [0.1, 0.15) is 35.1 Å². The van der Waals surface area contributed by atoms with E-state index in [9.17, 15) is 40.9 Å². The topological polar surface area (TPSA) is 180 Å². The van der Waals surface area contributed by atoms with Gasteiger partial charge in [0.25, 0.3) is 0 Å². The summed E-state index contributed by atoms with van der Waals surface area (Å²) >= 11 is 0. The van der Waals surface area contributed by atoms with E-state index in [0.717, 1.165) is 22.3 Å². The molecule has 0 unspecified atom stereocenters. The standard InChI is InChI=1S/C26H38O10/c1-13-9-16(6-4-8-18-22(30)26(34)24(32)20(12-28)36-18)14(2)10-15(13)5-3-7-17-21(29)25(33)23(31)19(11-27)35-17/h3-6,9-10,17-34H,7-8,11-12H2,1-2H3/b5-3+,6-4+/t17-,18-,19-,20-,21-,22-,23-,24-,25-,26-/m1/s1. The van der Waals surface area contributed by atoms with Crippen LogP contribution in [0.3, 0.4) is 0 Å².